The fraction of sp³-hybridized carbons (Fsp3) is 0.167. The van der Waals surface area contributed by atoms with Gasteiger partial charge in [-0.2, -0.15) is 0 Å². The number of carbonyl (C=O) groups excluding carboxylic acids is 2. The molecule has 2 heterocycles. The number of nitrogens with zero attached hydrogens (tertiary/aromatic N) is 1. The van der Waals surface area contributed by atoms with Crippen molar-refractivity contribution < 1.29 is 23.8 Å². The SMILES string of the molecule is O=C(COC(=O)CSc1nc2ccccc2s1)Nc1ccc2c(c1)OCO2. The van der Waals surface area contributed by atoms with Crippen LogP contribution in [0.25, 0.3) is 10.2 Å². The lowest BCUT2D eigenvalue weighted by atomic mass is 10.3. The Kier molecular flexibility index (Phi) is 5.12. The van der Waals surface area contributed by atoms with E-state index in [-0.39, 0.29) is 19.2 Å². The molecule has 0 atom stereocenters. The molecule has 1 N–H and O–H groups in total. The van der Waals surface area contributed by atoms with Crippen molar-refractivity contribution in [1.82, 2.24) is 4.98 Å². The summed E-state index contributed by atoms with van der Waals surface area (Å²) < 4.78 is 17.3. The molecule has 0 saturated heterocycles. The summed E-state index contributed by atoms with van der Waals surface area (Å²) in [5.41, 5.74) is 1.45. The number of aromatic nitrogens is 1. The Labute approximate surface area is 162 Å². The third-order valence-electron chi connectivity index (χ3n) is 3.61. The molecule has 0 saturated carbocycles. The minimum atomic E-state index is -0.472. The molecule has 138 valence electrons. The van der Waals surface area contributed by atoms with Gasteiger partial charge in [0.05, 0.1) is 16.0 Å². The Morgan fingerprint density at radius 2 is 2.04 bits per heavy atom. The number of thiazole rings is 1. The number of benzene rings is 2. The first-order chi connectivity index (χ1) is 13.2. The van der Waals surface area contributed by atoms with Gasteiger partial charge in [0.15, 0.2) is 22.4 Å². The molecular weight excluding hydrogens is 388 g/mol. The van der Waals surface area contributed by atoms with E-state index in [2.05, 4.69) is 10.3 Å². The molecule has 0 radical (unpaired) electrons. The van der Waals surface area contributed by atoms with Crippen LogP contribution in [0.2, 0.25) is 0 Å². The lowest BCUT2D eigenvalue weighted by Crippen LogP contribution is -2.21. The average Bonchev–Trinajstić information content (AvgIpc) is 3.30. The molecule has 4 rings (SSSR count). The van der Waals surface area contributed by atoms with E-state index < -0.39 is 11.9 Å². The van der Waals surface area contributed by atoms with Crippen molar-refractivity contribution in [3.8, 4) is 11.5 Å². The first kappa shape index (κ1) is 17.6. The van der Waals surface area contributed by atoms with E-state index in [1.165, 1.54) is 23.1 Å². The second kappa shape index (κ2) is 7.85. The molecule has 0 aliphatic carbocycles. The number of esters is 1. The fourth-order valence-corrected chi connectivity index (χ4v) is 4.26. The van der Waals surface area contributed by atoms with Gasteiger partial charge in [-0.15, -0.1) is 11.3 Å². The van der Waals surface area contributed by atoms with E-state index in [0.29, 0.717) is 17.2 Å². The van der Waals surface area contributed by atoms with Gasteiger partial charge < -0.3 is 19.5 Å². The minimum absolute atomic E-state index is 0.0944. The number of nitrogens with one attached hydrogen (secondary N) is 1. The van der Waals surface area contributed by atoms with Gasteiger partial charge in [0.1, 0.15) is 0 Å². The Morgan fingerprint density at radius 1 is 1.19 bits per heavy atom. The molecule has 1 aliphatic heterocycles. The maximum Gasteiger partial charge on any atom is 0.316 e. The molecule has 0 fully saturated rings. The highest BCUT2D eigenvalue weighted by Crippen LogP contribution is 2.34. The number of ether oxygens (including phenoxy) is 3. The van der Waals surface area contributed by atoms with Crippen LogP contribution in [0.4, 0.5) is 5.69 Å². The van der Waals surface area contributed by atoms with Crippen LogP contribution in [-0.4, -0.2) is 36.0 Å². The summed E-state index contributed by atoms with van der Waals surface area (Å²) in [6.45, 7) is -0.190. The highest BCUT2D eigenvalue weighted by Gasteiger charge is 2.15. The number of amides is 1. The van der Waals surface area contributed by atoms with Gasteiger partial charge in [-0.05, 0) is 24.3 Å². The number of para-hydroxylation sites is 1. The number of thioether (sulfide) groups is 1. The van der Waals surface area contributed by atoms with Crippen molar-refractivity contribution in [3.05, 3.63) is 42.5 Å². The molecule has 1 amide bonds. The number of carbonyl (C=O) groups is 2. The molecular formula is C18H14N2O5S2. The van der Waals surface area contributed by atoms with Gasteiger partial charge in [0.25, 0.3) is 5.91 Å². The summed E-state index contributed by atoms with van der Waals surface area (Å²) >= 11 is 2.81. The number of hydrogen-bond acceptors (Lipinski definition) is 8. The monoisotopic (exact) mass is 402 g/mol. The van der Waals surface area contributed by atoms with Crippen molar-refractivity contribution in [2.24, 2.45) is 0 Å². The van der Waals surface area contributed by atoms with Gasteiger partial charge in [-0.1, -0.05) is 23.9 Å². The maximum absolute atomic E-state index is 11.9. The molecule has 0 unspecified atom stereocenters. The van der Waals surface area contributed by atoms with Crippen molar-refractivity contribution in [1.29, 1.82) is 0 Å². The third-order valence-corrected chi connectivity index (χ3v) is 5.76. The summed E-state index contributed by atoms with van der Waals surface area (Å²) in [4.78, 5) is 28.2. The predicted molar refractivity (Wildman–Crippen MR) is 102 cm³/mol. The summed E-state index contributed by atoms with van der Waals surface area (Å²) in [5, 5.41) is 2.65. The standard InChI is InChI=1S/C18H14N2O5S2/c21-16(19-11-5-6-13-14(7-11)25-10-24-13)8-23-17(22)9-26-18-20-12-3-1-2-4-15(12)27-18/h1-7H,8-10H2,(H,19,21). The van der Waals surface area contributed by atoms with Crippen LogP contribution >= 0.6 is 23.1 Å². The van der Waals surface area contributed by atoms with Crippen LogP contribution in [-0.2, 0) is 14.3 Å². The summed E-state index contributed by atoms with van der Waals surface area (Å²) in [7, 11) is 0. The molecule has 7 nitrogen and oxygen atoms in total. The van der Waals surface area contributed by atoms with Crippen molar-refractivity contribution in [2.75, 3.05) is 24.5 Å². The topological polar surface area (TPSA) is 86.8 Å². The highest BCUT2D eigenvalue weighted by molar-refractivity contribution is 8.01. The van der Waals surface area contributed by atoms with E-state index in [9.17, 15) is 9.59 Å². The second-order valence-corrected chi connectivity index (χ2v) is 7.77. The highest BCUT2D eigenvalue weighted by atomic mass is 32.2. The van der Waals surface area contributed by atoms with Gasteiger partial charge in [-0.3, -0.25) is 9.59 Å². The summed E-state index contributed by atoms with van der Waals surface area (Å²) in [5.74, 6) is 0.396. The normalized spacial score (nSPS) is 12.1. The zero-order chi connectivity index (χ0) is 18.6. The molecule has 27 heavy (non-hydrogen) atoms. The van der Waals surface area contributed by atoms with Gasteiger partial charge in [0, 0.05) is 11.8 Å². The second-order valence-electron chi connectivity index (χ2n) is 5.51. The Morgan fingerprint density at radius 3 is 2.93 bits per heavy atom. The van der Waals surface area contributed by atoms with Crippen LogP contribution in [0.3, 0.4) is 0 Å². The fourth-order valence-electron chi connectivity index (χ4n) is 2.39. The van der Waals surface area contributed by atoms with E-state index in [4.69, 9.17) is 14.2 Å². The molecule has 0 bridgehead atoms. The van der Waals surface area contributed by atoms with E-state index >= 15 is 0 Å². The van der Waals surface area contributed by atoms with Crippen molar-refractivity contribution >= 4 is 50.9 Å². The van der Waals surface area contributed by atoms with Crippen molar-refractivity contribution in [3.63, 3.8) is 0 Å². The smallest absolute Gasteiger partial charge is 0.316 e. The lowest BCUT2D eigenvalue weighted by molar-refractivity contribution is -0.144. The van der Waals surface area contributed by atoms with Gasteiger partial charge in [0.2, 0.25) is 6.79 Å². The predicted octanol–water partition coefficient (Wildman–Crippen LogP) is 3.30. The third kappa shape index (κ3) is 4.32. The first-order valence-electron chi connectivity index (χ1n) is 8.01. The number of rotatable bonds is 6. The van der Waals surface area contributed by atoms with Crippen LogP contribution < -0.4 is 14.8 Å². The number of fused-ring (bicyclic) bond motifs is 2. The van der Waals surface area contributed by atoms with Gasteiger partial charge >= 0.3 is 5.97 Å². The quantitative estimate of drug-likeness (QED) is 0.500. The average molecular weight is 402 g/mol. The number of hydrogen-bond donors (Lipinski definition) is 1. The van der Waals surface area contributed by atoms with Crippen LogP contribution in [0.15, 0.2) is 46.8 Å². The number of anilines is 1. The summed E-state index contributed by atoms with van der Waals surface area (Å²) in [6.07, 6.45) is 0. The zero-order valence-corrected chi connectivity index (χ0v) is 15.6. The molecule has 2 aromatic carbocycles. The zero-order valence-electron chi connectivity index (χ0n) is 14.0. The molecule has 9 heteroatoms. The van der Waals surface area contributed by atoms with Crippen LogP contribution in [0.5, 0.6) is 11.5 Å². The molecule has 1 aromatic heterocycles. The Hall–Kier alpha value is -2.78. The molecule has 0 spiro atoms. The van der Waals surface area contributed by atoms with E-state index in [0.717, 1.165) is 14.6 Å². The van der Waals surface area contributed by atoms with Gasteiger partial charge in [-0.25, -0.2) is 4.98 Å². The van der Waals surface area contributed by atoms with Crippen LogP contribution in [0, 0.1) is 0 Å². The largest absolute Gasteiger partial charge is 0.455 e. The Bertz CT molecular complexity index is 971. The molecule has 1 aliphatic rings. The molecule has 3 aromatic rings. The van der Waals surface area contributed by atoms with E-state index in [1.807, 2.05) is 24.3 Å². The van der Waals surface area contributed by atoms with Crippen molar-refractivity contribution in [2.45, 2.75) is 4.34 Å². The maximum atomic E-state index is 11.9. The lowest BCUT2D eigenvalue weighted by Gasteiger charge is -2.07. The summed E-state index contributed by atoms with van der Waals surface area (Å²) in [6, 6.07) is 12.8. The van der Waals surface area contributed by atoms with Crippen LogP contribution in [0.1, 0.15) is 0 Å². The van der Waals surface area contributed by atoms with E-state index in [1.54, 1.807) is 18.2 Å². The first-order valence-corrected chi connectivity index (χ1v) is 9.81. The Balaban J connectivity index is 1.23. The minimum Gasteiger partial charge on any atom is -0.455 e.